The molecule has 0 bridgehead atoms. The van der Waals surface area contributed by atoms with Gasteiger partial charge in [0.1, 0.15) is 5.75 Å². The normalized spacial score (nSPS) is 19.1. The first-order valence-electron chi connectivity index (χ1n) is 6.19. The summed E-state index contributed by atoms with van der Waals surface area (Å²) in [6.07, 6.45) is 2.64. The number of Topliss-reactive ketones (excluding diaryl/α,β-unsaturated/α-hetero) is 1. The van der Waals surface area contributed by atoms with Crippen molar-refractivity contribution in [1.29, 1.82) is 0 Å². The maximum absolute atomic E-state index is 11.3. The first-order valence-corrected chi connectivity index (χ1v) is 7.34. The third-order valence-corrected chi connectivity index (χ3v) is 4.19. The molecule has 1 aliphatic rings. The third kappa shape index (κ3) is 3.50. The second-order valence-electron chi connectivity index (χ2n) is 4.55. The smallest absolute Gasteiger partial charge is 0.159 e. The molecule has 0 saturated carbocycles. The fourth-order valence-electron chi connectivity index (χ4n) is 2.00. The zero-order valence-corrected chi connectivity index (χ0v) is 11.3. The highest BCUT2D eigenvalue weighted by Gasteiger charge is 2.15. The van der Waals surface area contributed by atoms with Gasteiger partial charge in [-0.1, -0.05) is 0 Å². The molecule has 0 aromatic heterocycles. The Labute approximate surface area is 112 Å². The van der Waals surface area contributed by atoms with E-state index in [0.29, 0.717) is 17.4 Å². The lowest BCUT2D eigenvalue weighted by Crippen LogP contribution is -2.08. The second-order valence-corrected chi connectivity index (χ2v) is 5.58. The van der Waals surface area contributed by atoms with E-state index in [1.54, 1.807) is 30.0 Å². The predicted molar refractivity (Wildman–Crippen MR) is 73.2 cm³/mol. The molecule has 0 spiro atoms. The summed E-state index contributed by atoms with van der Waals surface area (Å²) in [5.41, 5.74) is 1.48. The molecule has 1 aromatic carbocycles. The zero-order chi connectivity index (χ0) is 13.0. The summed E-state index contributed by atoms with van der Waals surface area (Å²) in [5, 5.41) is 9.75. The van der Waals surface area contributed by atoms with E-state index < -0.39 is 0 Å². The molecule has 1 unspecified atom stereocenters. The summed E-state index contributed by atoms with van der Waals surface area (Å²) >= 11 is 1.74. The van der Waals surface area contributed by atoms with E-state index >= 15 is 0 Å². The number of thioether (sulfide) groups is 1. The molecule has 98 valence electrons. The van der Waals surface area contributed by atoms with Gasteiger partial charge in [0, 0.05) is 29.2 Å². The highest BCUT2D eigenvalue weighted by molar-refractivity contribution is 7.98. The molecule has 1 N–H and O–H groups in total. The number of carbonyl (C=O) groups excluding carboxylic acids is 1. The number of ether oxygens (including phenoxy) is 1. The summed E-state index contributed by atoms with van der Waals surface area (Å²) in [6.45, 7) is 2.41. The number of rotatable bonds is 5. The fourth-order valence-corrected chi connectivity index (χ4v) is 3.09. The first kappa shape index (κ1) is 13.4. The Kier molecular flexibility index (Phi) is 4.66. The van der Waals surface area contributed by atoms with Crippen LogP contribution in [0.4, 0.5) is 0 Å². The first-order chi connectivity index (χ1) is 8.66. The number of hydrogen-bond donors (Lipinski definition) is 1. The molecule has 1 heterocycles. The average molecular weight is 266 g/mol. The molecule has 1 atom stereocenters. The average Bonchev–Trinajstić information content (AvgIpc) is 2.84. The molecule has 1 fully saturated rings. The Bertz CT molecular complexity index is 425. The van der Waals surface area contributed by atoms with Crippen molar-refractivity contribution in [1.82, 2.24) is 0 Å². The zero-order valence-electron chi connectivity index (χ0n) is 10.5. The number of aromatic hydroxyl groups is 1. The van der Waals surface area contributed by atoms with Crippen molar-refractivity contribution in [2.75, 3.05) is 12.4 Å². The Morgan fingerprint density at radius 1 is 1.56 bits per heavy atom. The lowest BCUT2D eigenvalue weighted by atomic mass is 10.1. The molecule has 18 heavy (non-hydrogen) atoms. The summed E-state index contributed by atoms with van der Waals surface area (Å²) in [7, 11) is 0. The maximum atomic E-state index is 11.3. The third-order valence-electron chi connectivity index (χ3n) is 3.07. The minimum Gasteiger partial charge on any atom is -0.508 e. The van der Waals surface area contributed by atoms with E-state index in [0.717, 1.165) is 30.8 Å². The van der Waals surface area contributed by atoms with Gasteiger partial charge >= 0.3 is 0 Å². The van der Waals surface area contributed by atoms with Crippen LogP contribution >= 0.6 is 11.8 Å². The molecule has 1 aromatic rings. The van der Waals surface area contributed by atoms with Crippen LogP contribution in [0.5, 0.6) is 5.75 Å². The van der Waals surface area contributed by atoms with Gasteiger partial charge in [0.2, 0.25) is 0 Å². The molecule has 0 radical (unpaired) electrons. The predicted octanol–water partition coefficient (Wildman–Crippen LogP) is 3.01. The van der Waals surface area contributed by atoms with Crippen molar-refractivity contribution >= 4 is 17.5 Å². The molecule has 0 amide bonds. The van der Waals surface area contributed by atoms with Crippen LogP contribution in [-0.2, 0) is 10.5 Å². The lowest BCUT2D eigenvalue weighted by molar-refractivity contribution is 0.101. The molecule has 1 saturated heterocycles. The number of carbonyl (C=O) groups is 1. The Morgan fingerprint density at radius 3 is 3.06 bits per heavy atom. The van der Waals surface area contributed by atoms with Gasteiger partial charge in [0.05, 0.1) is 6.10 Å². The minimum absolute atomic E-state index is 0.0281. The Morgan fingerprint density at radius 2 is 2.39 bits per heavy atom. The summed E-state index contributed by atoms with van der Waals surface area (Å²) in [6, 6.07) is 5.03. The fraction of sp³-hybridized carbons (Fsp3) is 0.500. The molecule has 4 heteroatoms. The van der Waals surface area contributed by atoms with E-state index in [-0.39, 0.29) is 11.5 Å². The minimum atomic E-state index is 0.0281. The van der Waals surface area contributed by atoms with Crippen LogP contribution in [0.1, 0.15) is 35.7 Å². The quantitative estimate of drug-likeness (QED) is 0.832. The van der Waals surface area contributed by atoms with Gasteiger partial charge in [0.25, 0.3) is 0 Å². The van der Waals surface area contributed by atoms with Crippen LogP contribution < -0.4 is 0 Å². The number of benzene rings is 1. The topological polar surface area (TPSA) is 46.5 Å². The van der Waals surface area contributed by atoms with Gasteiger partial charge in [-0.2, -0.15) is 11.8 Å². The molecule has 1 aliphatic heterocycles. The number of phenolic OH excluding ortho intramolecular Hbond substituents is 1. The Hall–Kier alpha value is -1.00. The summed E-state index contributed by atoms with van der Waals surface area (Å²) < 4.78 is 5.55. The number of ketones is 1. The van der Waals surface area contributed by atoms with Crippen molar-refractivity contribution in [2.45, 2.75) is 31.6 Å². The van der Waals surface area contributed by atoms with E-state index in [1.165, 1.54) is 6.92 Å². The highest BCUT2D eigenvalue weighted by Crippen LogP contribution is 2.26. The Balaban J connectivity index is 1.91. The second kappa shape index (κ2) is 6.25. The molecular formula is C14H18O3S. The standard InChI is InChI=1S/C14H18O3S/c1-10(15)11-4-5-14(16)12(7-11)8-18-9-13-3-2-6-17-13/h4-5,7,13,16H,2-3,6,8-9H2,1H3. The maximum Gasteiger partial charge on any atom is 0.159 e. The number of hydrogen-bond acceptors (Lipinski definition) is 4. The van der Waals surface area contributed by atoms with Gasteiger partial charge < -0.3 is 9.84 Å². The van der Waals surface area contributed by atoms with Crippen molar-refractivity contribution in [3.8, 4) is 5.75 Å². The van der Waals surface area contributed by atoms with Gasteiger partial charge in [-0.15, -0.1) is 0 Å². The van der Waals surface area contributed by atoms with E-state index in [4.69, 9.17) is 4.74 Å². The monoisotopic (exact) mass is 266 g/mol. The van der Waals surface area contributed by atoms with Crippen molar-refractivity contribution < 1.29 is 14.6 Å². The lowest BCUT2D eigenvalue weighted by Gasteiger charge is -2.10. The van der Waals surface area contributed by atoms with Crippen molar-refractivity contribution in [2.24, 2.45) is 0 Å². The van der Waals surface area contributed by atoms with Crippen LogP contribution in [0.15, 0.2) is 18.2 Å². The highest BCUT2D eigenvalue weighted by atomic mass is 32.2. The molecular weight excluding hydrogens is 248 g/mol. The van der Waals surface area contributed by atoms with Crippen molar-refractivity contribution in [3.05, 3.63) is 29.3 Å². The van der Waals surface area contributed by atoms with Crippen molar-refractivity contribution in [3.63, 3.8) is 0 Å². The van der Waals surface area contributed by atoms with E-state index in [9.17, 15) is 9.90 Å². The number of phenols is 1. The van der Waals surface area contributed by atoms with Gasteiger partial charge in [-0.05, 0) is 38.0 Å². The van der Waals surface area contributed by atoms with Gasteiger partial charge in [0.15, 0.2) is 5.78 Å². The molecule has 2 rings (SSSR count). The van der Waals surface area contributed by atoms with Crippen LogP contribution in [0.25, 0.3) is 0 Å². The summed E-state index contributed by atoms with van der Waals surface area (Å²) in [5.74, 6) is 1.96. The van der Waals surface area contributed by atoms with E-state index in [2.05, 4.69) is 0 Å². The van der Waals surface area contributed by atoms with Crippen LogP contribution in [-0.4, -0.2) is 29.4 Å². The van der Waals surface area contributed by atoms with Crippen LogP contribution in [0.2, 0.25) is 0 Å². The van der Waals surface area contributed by atoms with Gasteiger partial charge in [-0.25, -0.2) is 0 Å². The van der Waals surface area contributed by atoms with Gasteiger partial charge in [-0.3, -0.25) is 4.79 Å². The van der Waals surface area contributed by atoms with Crippen LogP contribution in [0, 0.1) is 0 Å². The summed E-state index contributed by atoms with van der Waals surface area (Å²) in [4.78, 5) is 11.3. The SMILES string of the molecule is CC(=O)c1ccc(O)c(CSCC2CCCO2)c1. The largest absolute Gasteiger partial charge is 0.508 e. The van der Waals surface area contributed by atoms with E-state index in [1.807, 2.05) is 0 Å². The molecule has 0 aliphatic carbocycles. The van der Waals surface area contributed by atoms with Crippen LogP contribution in [0.3, 0.4) is 0 Å². The molecule has 3 nitrogen and oxygen atoms in total.